The molecule has 0 fully saturated rings. The summed E-state index contributed by atoms with van der Waals surface area (Å²) in [5.41, 5.74) is 11.5. The molecule has 0 saturated carbocycles. The summed E-state index contributed by atoms with van der Waals surface area (Å²) in [6, 6.07) is 17.8. The molecule has 3 N–H and O–H groups in total. The van der Waals surface area contributed by atoms with Crippen molar-refractivity contribution >= 4 is 0 Å². The predicted octanol–water partition coefficient (Wildman–Crippen LogP) is 3.53. The fraction of sp³-hybridized carbons (Fsp3) is 0.333. The first kappa shape index (κ1) is 15.8. The smallest absolute Gasteiger partial charge is 0.0578 e. The van der Waals surface area contributed by atoms with Crippen molar-refractivity contribution in [2.24, 2.45) is 5.73 Å². The van der Waals surface area contributed by atoms with Gasteiger partial charge < -0.3 is 5.73 Å². The molecular weight excluding hydrogens is 280 g/mol. The average Bonchev–Trinajstić information content (AvgIpc) is 3.18. The third-order valence-corrected chi connectivity index (χ3v) is 4.76. The largest absolute Gasteiger partial charge is 0.324 e. The number of aryl methyl sites for hydroxylation is 2. The van der Waals surface area contributed by atoms with Gasteiger partial charge in [0.05, 0.1) is 6.54 Å². The Kier molecular flexibility index (Phi) is 5.12. The lowest BCUT2D eigenvalue weighted by Crippen LogP contribution is -2.19. The van der Waals surface area contributed by atoms with Crippen molar-refractivity contribution < 1.29 is 0 Å². The topological polar surface area (TPSA) is 38.0 Å². The molecule has 0 aliphatic heterocycles. The zero-order chi connectivity index (χ0) is 16.1. The van der Waals surface area contributed by atoms with E-state index in [-0.39, 0.29) is 0 Å². The average molecular weight is 304 g/mol. The zero-order valence-corrected chi connectivity index (χ0v) is 13.5. The van der Waals surface area contributed by atoms with Gasteiger partial charge in [0.25, 0.3) is 0 Å². The molecule has 0 bridgehead atoms. The highest BCUT2D eigenvalue weighted by atomic mass is 14.9. The number of terminal acetylenes is 1. The highest BCUT2D eigenvalue weighted by Crippen LogP contribution is 2.30. The Hall–Kier alpha value is -2.08. The lowest BCUT2D eigenvalue weighted by molar-refractivity contribution is 0.568. The molecule has 0 heterocycles. The molecule has 0 amide bonds. The van der Waals surface area contributed by atoms with Gasteiger partial charge in [-0.05, 0) is 47.9 Å². The van der Waals surface area contributed by atoms with Gasteiger partial charge in [-0.15, -0.1) is 6.42 Å². The molecule has 2 aliphatic rings. The summed E-state index contributed by atoms with van der Waals surface area (Å²) in [7, 11) is 0. The first-order valence-corrected chi connectivity index (χ1v) is 8.37. The first-order valence-electron chi connectivity index (χ1n) is 8.37. The van der Waals surface area contributed by atoms with Gasteiger partial charge in [-0.2, -0.15) is 0 Å². The lowest BCUT2D eigenvalue weighted by atomic mass is 10.1. The van der Waals surface area contributed by atoms with Crippen LogP contribution in [0.1, 0.15) is 47.2 Å². The van der Waals surface area contributed by atoms with Crippen molar-refractivity contribution in [3.05, 3.63) is 70.8 Å². The van der Waals surface area contributed by atoms with Gasteiger partial charge in [-0.25, -0.2) is 0 Å². The molecule has 118 valence electrons. The molecule has 2 aromatic rings. The molecule has 23 heavy (non-hydrogen) atoms. The van der Waals surface area contributed by atoms with Gasteiger partial charge in [-0.1, -0.05) is 54.5 Å². The maximum Gasteiger partial charge on any atom is 0.0578 e. The number of nitrogens with two attached hydrogens (primary N) is 1. The van der Waals surface area contributed by atoms with Crippen molar-refractivity contribution in [2.75, 3.05) is 6.54 Å². The summed E-state index contributed by atoms with van der Waals surface area (Å²) in [5.74, 6) is 2.61. The predicted molar refractivity (Wildman–Crippen MR) is 96.0 cm³/mol. The van der Waals surface area contributed by atoms with E-state index >= 15 is 0 Å². The minimum absolute atomic E-state index is 0.302. The van der Waals surface area contributed by atoms with Crippen LogP contribution >= 0.6 is 0 Å². The van der Waals surface area contributed by atoms with Crippen LogP contribution in [0.4, 0.5) is 0 Å². The van der Waals surface area contributed by atoms with E-state index in [1.54, 1.807) is 0 Å². The monoisotopic (exact) mass is 304 g/mol. The molecule has 0 spiro atoms. The minimum Gasteiger partial charge on any atom is -0.324 e. The van der Waals surface area contributed by atoms with Crippen LogP contribution in [0.2, 0.25) is 0 Å². The molecule has 2 heteroatoms. The number of nitrogens with one attached hydrogen (secondary N) is 1. The van der Waals surface area contributed by atoms with Crippen molar-refractivity contribution in [3.63, 3.8) is 0 Å². The van der Waals surface area contributed by atoms with Crippen LogP contribution in [0, 0.1) is 12.3 Å². The third-order valence-electron chi connectivity index (χ3n) is 4.76. The Bertz CT molecular complexity index is 699. The van der Waals surface area contributed by atoms with Crippen LogP contribution in [0.5, 0.6) is 0 Å². The number of fused-ring (bicyclic) bond motifs is 2. The Labute approximate surface area is 139 Å². The van der Waals surface area contributed by atoms with E-state index in [1.165, 1.54) is 35.1 Å². The van der Waals surface area contributed by atoms with Crippen LogP contribution in [0.25, 0.3) is 0 Å². The lowest BCUT2D eigenvalue weighted by Gasteiger charge is -2.10. The fourth-order valence-electron chi connectivity index (χ4n) is 3.54. The zero-order valence-electron chi connectivity index (χ0n) is 13.5. The SMILES string of the molecule is C#CCN[C@@H]1CCc2ccccc21.NC1CCc2ccccc21. The van der Waals surface area contributed by atoms with Crippen molar-refractivity contribution in [3.8, 4) is 12.3 Å². The van der Waals surface area contributed by atoms with Crippen molar-refractivity contribution in [1.82, 2.24) is 5.32 Å². The van der Waals surface area contributed by atoms with E-state index in [4.69, 9.17) is 12.2 Å². The Balaban J connectivity index is 0.000000140. The molecule has 0 aromatic heterocycles. The van der Waals surface area contributed by atoms with Crippen LogP contribution in [0.3, 0.4) is 0 Å². The number of hydrogen-bond donors (Lipinski definition) is 2. The quantitative estimate of drug-likeness (QED) is 0.833. The summed E-state index contributed by atoms with van der Waals surface area (Å²) in [6.45, 7) is 0.666. The minimum atomic E-state index is 0.302. The Morgan fingerprint density at radius 1 is 0.957 bits per heavy atom. The van der Waals surface area contributed by atoms with Gasteiger partial charge in [0.15, 0.2) is 0 Å². The summed E-state index contributed by atoms with van der Waals surface area (Å²) >= 11 is 0. The Morgan fingerprint density at radius 3 is 2.26 bits per heavy atom. The summed E-state index contributed by atoms with van der Waals surface area (Å²) < 4.78 is 0. The van der Waals surface area contributed by atoms with E-state index in [9.17, 15) is 0 Å². The van der Waals surface area contributed by atoms with Gasteiger partial charge in [-0.3, -0.25) is 5.32 Å². The summed E-state index contributed by atoms with van der Waals surface area (Å²) in [5, 5.41) is 3.35. The Morgan fingerprint density at radius 2 is 1.57 bits per heavy atom. The highest BCUT2D eigenvalue weighted by Gasteiger charge is 2.20. The second-order valence-electron chi connectivity index (χ2n) is 6.22. The second-order valence-corrected chi connectivity index (χ2v) is 6.22. The molecule has 4 rings (SSSR count). The third kappa shape index (κ3) is 3.64. The summed E-state index contributed by atoms with van der Waals surface area (Å²) in [6.07, 6.45) is 9.86. The van der Waals surface area contributed by atoms with Crippen molar-refractivity contribution in [2.45, 2.75) is 37.8 Å². The number of rotatable bonds is 2. The van der Waals surface area contributed by atoms with Crippen molar-refractivity contribution in [1.29, 1.82) is 0 Å². The van der Waals surface area contributed by atoms with E-state index in [1.807, 2.05) is 0 Å². The fourth-order valence-corrected chi connectivity index (χ4v) is 3.54. The van der Waals surface area contributed by atoms with E-state index in [0.29, 0.717) is 18.6 Å². The molecular formula is C21H24N2. The van der Waals surface area contributed by atoms with E-state index < -0.39 is 0 Å². The maximum atomic E-state index is 5.85. The second kappa shape index (κ2) is 7.46. The molecule has 0 saturated heterocycles. The first-order chi connectivity index (χ1) is 11.3. The molecule has 1 unspecified atom stereocenters. The normalized spacial score (nSPS) is 20.9. The van der Waals surface area contributed by atoms with Crippen LogP contribution in [0.15, 0.2) is 48.5 Å². The van der Waals surface area contributed by atoms with Gasteiger partial charge in [0.2, 0.25) is 0 Å². The van der Waals surface area contributed by atoms with Gasteiger partial charge in [0.1, 0.15) is 0 Å². The van der Waals surface area contributed by atoms with Gasteiger partial charge in [0, 0.05) is 12.1 Å². The summed E-state index contributed by atoms with van der Waals surface area (Å²) in [4.78, 5) is 0. The van der Waals surface area contributed by atoms with E-state index in [0.717, 1.165) is 12.8 Å². The van der Waals surface area contributed by atoms with E-state index in [2.05, 4.69) is 59.8 Å². The standard InChI is InChI=1S/C12H13N.C9H11N/c1-2-9-13-12-8-7-10-5-3-4-6-11(10)12;10-9-6-5-7-3-1-2-4-8(7)9/h1,3-6,12-13H,7-9H2;1-4,9H,5-6,10H2/t12-;/m1./s1. The molecule has 2 nitrogen and oxygen atoms in total. The maximum absolute atomic E-state index is 5.85. The number of hydrogen-bond acceptors (Lipinski definition) is 2. The molecule has 2 aliphatic carbocycles. The number of benzene rings is 2. The van der Waals surface area contributed by atoms with Crippen LogP contribution < -0.4 is 11.1 Å². The molecule has 0 radical (unpaired) electrons. The molecule has 2 aromatic carbocycles. The van der Waals surface area contributed by atoms with Gasteiger partial charge >= 0.3 is 0 Å². The highest BCUT2D eigenvalue weighted by molar-refractivity contribution is 5.34. The van der Waals surface area contributed by atoms with Crippen LogP contribution in [-0.4, -0.2) is 6.54 Å². The van der Waals surface area contributed by atoms with Crippen LogP contribution in [-0.2, 0) is 12.8 Å². The molecule has 2 atom stereocenters.